The van der Waals surface area contributed by atoms with Gasteiger partial charge in [0.1, 0.15) is 5.82 Å². The van der Waals surface area contributed by atoms with Gasteiger partial charge in [-0.25, -0.2) is 4.39 Å². The SMILES string of the molecule is CC(C)CNCC1CCC(C)CC1c1ccccc1F. The number of rotatable bonds is 5. The number of halogens is 1. The Morgan fingerprint density at radius 1 is 1.25 bits per heavy atom. The van der Waals surface area contributed by atoms with Crippen molar-refractivity contribution in [2.45, 2.75) is 46.0 Å². The van der Waals surface area contributed by atoms with Gasteiger partial charge in [-0.15, -0.1) is 0 Å². The van der Waals surface area contributed by atoms with Crippen LogP contribution in [-0.4, -0.2) is 13.1 Å². The zero-order chi connectivity index (χ0) is 14.5. The Kier molecular flexibility index (Phi) is 5.59. The summed E-state index contributed by atoms with van der Waals surface area (Å²) in [6.45, 7) is 8.82. The van der Waals surface area contributed by atoms with Crippen molar-refractivity contribution in [3.8, 4) is 0 Å². The highest BCUT2D eigenvalue weighted by molar-refractivity contribution is 5.23. The molecule has 0 spiro atoms. The van der Waals surface area contributed by atoms with Gasteiger partial charge in [0.2, 0.25) is 0 Å². The highest BCUT2D eigenvalue weighted by atomic mass is 19.1. The smallest absolute Gasteiger partial charge is 0.126 e. The van der Waals surface area contributed by atoms with Crippen molar-refractivity contribution in [1.29, 1.82) is 0 Å². The van der Waals surface area contributed by atoms with Crippen LogP contribution in [0.3, 0.4) is 0 Å². The van der Waals surface area contributed by atoms with E-state index < -0.39 is 0 Å². The van der Waals surface area contributed by atoms with Gasteiger partial charge in [-0.2, -0.15) is 0 Å². The molecule has 2 heteroatoms. The summed E-state index contributed by atoms with van der Waals surface area (Å²) in [6.07, 6.45) is 3.61. The van der Waals surface area contributed by atoms with E-state index in [1.807, 2.05) is 12.1 Å². The molecule has 0 radical (unpaired) electrons. The van der Waals surface area contributed by atoms with Crippen molar-refractivity contribution >= 4 is 0 Å². The van der Waals surface area contributed by atoms with Gasteiger partial charge in [0.05, 0.1) is 0 Å². The molecule has 1 aliphatic rings. The molecule has 20 heavy (non-hydrogen) atoms. The minimum atomic E-state index is -0.0274. The fraction of sp³-hybridized carbons (Fsp3) is 0.667. The first-order valence-electron chi connectivity index (χ1n) is 8.03. The van der Waals surface area contributed by atoms with Crippen molar-refractivity contribution < 1.29 is 4.39 Å². The number of benzene rings is 1. The molecular formula is C18H28FN. The Labute approximate surface area is 123 Å². The van der Waals surface area contributed by atoms with Gasteiger partial charge in [0.15, 0.2) is 0 Å². The maximum absolute atomic E-state index is 14.1. The average molecular weight is 277 g/mol. The molecule has 0 aliphatic heterocycles. The van der Waals surface area contributed by atoms with Crippen LogP contribution in [0.25, 0.3) is 0 Å². The van der Waals surface area contributed by atoms with Crippen LogP contribution in [0.15, 0.2) is 24.3 Å². The molecule has 2 rings (SSSR count). The van der Waals surface area contributed by atoms with Crippen LogP contribution in [0.5, 0.6) is 0 Å². The Hall–Kier alpha value is -0.890. The highest BCUT2D eigenvalue weighted by Gasteiger charge is 2.31. The lowest BCUT2D eigenvalue weighted by molar-refractivity contribution is 0.236. The quantitative estimate of drug-likeness (QED) is 0.830. The van der Waals surface area contributed by atoms with Gasteiger partial charge in [-0.05, 0) is 61.2 Å². The lowest BCUT2D eigenvalue weighted by Crippen LogP contribution is -2.33. The predicted octanol–water partition coefficient (Wildman–Crippen LogP) is 4.59. The van der Waals surface area contributed by atoms with E-state index in [0.29, 0.717) is 23.7 Å². The predicted molar refractivity (Wildman–Crippen MR) is 83.4 cm³/mol. The second-order valence-corrected chi connectivity index (χ2v) is 6.86. The Balaban J connectivity index is 2.06. The second-order valence-electron chi connectivity index (χ2n) is 6.86. The molecular weight excluding hydrogens is 249 g/mol. The van der Waals surface area contributed by atoms with E-state index in [1.54, 1.807) is 12.1 Å². The third-order valence-electron chi connectivity index (χ3n) is 4.52. The topological polar surface area (TPSA) is 12.0 Å². The standard InChI is InChI=1S/C18H28FN/c1-13(2)11-20-12-15-9-8-14(3)10-17(15)16-6-4-5-7-18(16)19/h4-7,13-15,17,20H,8-12H2,1-3H3. The van der Waals surface area contributed by atoms with Gasteiger partial charge >= 0.3 is 0 Å². The third kappa shape index (κ3) is 4.05. The molecule has 1 aromatic rings. The summed E-state index contributed by atoms with van der Waals surface area (Å²) in [7, 11) is 0. The molecule has 1 saturated carbocycles. The van der Waals surface area contributed by atoms with E-state index in [9.17, 15) is 4.39 Å². The summed E-state index contributed by atoms with van der Waals surface area (Å²) in [5.74, 6) is 2.30. The number of nitrogens with one attached hydrogen (secondary N) is 1. The normalized spacial score (nSPS) is 26.9. The average Bonchev–Trinajstić information content (AvgIpc) is 2.41. The summed E-state index contributed by atoms with van der Waals surface area (Å²) in [5, 5.41) is 3.57. The van der Waals surface area contributed by atoms with Crippen LogP contribution in [0, 0.1) is 23.6 Å². The lowest BCUT2D eigenvalue weighted by atomic mass is 9.71. The fourth-order valence-electron chi connectivity index (χ4n) is 3.40. The van der Waals surface area contributed by atoms with Crippen LogP contribution < -0.4 is 5.32 Å². The van der Waals surface area contributed by atoms with Crippen molar-refractivity contribution in [2.75, 3.05) is 13.1 Å². The molecule has 3 atom stereocenters. The van der Waals surface area contributed by atoms with Crippen LogP contribution >= 0.6 is 0 Å². The third-order valence-corrected chi connectivity index (χ3v) is 4.52. The molecule has 1 nitrogen and oxygen atoms in total. The lowest BCUT2D eigenvalue weighted by Gasteiger charge is -2.35. The molecule has 1 aromatic carbocycles. The van der Waals surface area contributed by atoms with Gasteiger partial charge in [-0.3, -0.25) is 0 Å². The maximum atomic E-state index is 14.1. The highest BCUT2D eigenvalue weighted by Crippen LogP contribution is 2.41. The van der Waals surface area contributed by atoms with E-state index in [-0.39, 0.29) is 5.82 Å². The zero-order valence-electron chi connectivity index (χ0n) is 13.0. The first-order chi connectivity index (χ1) is 9.58. The molecule has 0 bridgehead atoms. The van der Waals surface area contributed by atoms with Crippen molar-refractivity contribution in [1.82, 2.24) is 5.32 Å². The van der Waals surface area contributed by atoms with Crippen LogP contribution in [0.2, 0.25) is 0 Å². The molecule has 112 valence electrons. The Bertz CT molecular complexity index is 416. The first kappa shape index (κ1) is 15.5. The molecule has 1 fully saturated rings. The van der Waals surface area contributed by atoms with E-state index in [2.05, 4.69) is 26.1 Å². The van der Waals surface area contributed by atoms with Crippen LogP contribution in [-0.2, 0) is 0 Å². The molecule has 0 amide bonds. The monoisotopic (exact) mass is 277 g/mol. The van der Waals surface area contributed by atoms with E-state index in [0.717, 1.165) is 25.1 Å². The molecule has 1 aliphatic carbocycles. The maximum Gasteiger partial charge on any atom is 0.126 e. The van der Waals surface area contributed by atoms with Gasteiger partial charge in [0.25, 0.3) is 0 Å². The van der Waals surface area contributed by atoms with E-state index >= 15 is 0 Å². The molecule has 3 unspecified atom stereocenters. The Morgan fingerprint density at radius 2 is 2.00 bits per heavy atom. The largest absolute Gasteiger partial charge is 0.316 e. The van der Waals surface area contributed by atoms with Gasteiger partial charge < -0.3 is 5.32 Å². The van der Waals surface area contributed by atoms with Crippen molar-refractivity contribution in [3.05, 3.63) is 35.6 Å². The summed E-state index contributed by atoms with van der Waals surface area (Å²) < 4.78 is 14.1. The minimum Gasteiger partial charge on any atom is -0.316 e. The number of hydrogen-bond acceptors (Lipinski definition) is 1. The van der Waals surface area contributed by atoms with Crippen molar-refractivity contribution in [2.24, 2.45) is 17.8 Å². The molecule has 1 N–H and O–H groups in total. The van der Waals surface area contributed by atoms with Gasteiger partial charge in [0, 0.05) is 0 Å². The zero-order valence-corrected chi connectivity index (χ0v) is 13.0. The molecule has 0 aromatic heterocycles. The van der Waals surface area contributed by atoms with E-state index in [4.69, 9.17) is 0 Å². The Morgan fingerprint density at radius 3 is 2.70 bits per heavy atom. The summed E-state index contributed by atoms with van der Waals surface area (Å²) >= 11 is 0. The molecule has 0 saturated heterocycles. The van der Waals surface area contributed by atoms with Crippen LogP contribution in [0.4, 0.5) is 4.39 Å². The molecule has 0 heterocycles. The van der Waals surface area contributed by atoms with E-state index in [1.165, 1.54) is 12.8 Å². The number of hydrogen-bond donors (Lipinski definition) is 1. The van der Waals surface area contributed by atoms with Gasteiger partial charge in [-0.1, -0.05) is 45.4 Å². The summed E-state index contributed by atoms with van der Waals surface area (Å²) in [4.78, 5) is 0. The van der Waals surface area contributed by atoms with Crippen LogP contribution in [0.1, 0.15) is 51.5 Å². The first-order valence-corrected chi connectivity index (χ1v) is 8.03. The fourth-order valence-corrected chi connectivity index (χ4v) is 3.40. The summed E-state index contributed by atoms with van der Waals surface area (Å²) in [5.41, 5.74) is 0.926. The van der Waals surface area contributed by atoms with Crippen molar-refractivity contribution in [3.63, 3.8) is 0 Å². The second kappa shape index (κ2) is 7.21. The minimum absolute atomic E-state index is 0.0274. The summed E-state index contributed by atoms with van der Waals surface area (Å²) in [6, 6.07) is 7.34.